The molecular formula is C18H24N8O4. The van der Waals surface area contributed by atoms with Gasteiger partial charge in [-0.2, -0.15) is 9.97 Å². The molecule has 0 unspecified atom stereocenters. The molecule has 2 aromatic heterocycles. The average molecular weight is 416 g/mol. The van der Waals surface area contributed by atoms with Crippen LogP contribution >= 0.6 is 0 Å². The Balaban J connectivity index is 1.50. The topological polar surface area (TPSA) is 155 Å². The number of nitrogen functional groups attached to an aromatic ring is 1. The van der Waals surface area contributed by atoms with E-state index in [1.807, 2.05) is 13.8 Å². The predicted molar refractivity (Wildman–Crippen MR) is 104 cm³/mol. The number of ether oxygens (including phenoxy) is 4. The number of aromatic nitrogens is 4. The van der Waals surface area contributed by atoms with Crippen LogP contribution in [-0.4, -0.2) is 56.3 Å². The maximum absolute atomic E-state index is 8.71. The molecule has 12 nitrogen and oxygen atoms in total. The number of hydrogen-bond acceptors (Lipinski definition) is 9. The largest absolute Gasteiger partial charge is 0.460 e. The molecule has 2 N–H and O–H groups in total. The van der Waals surface area contributed by atoms with Crippen molar-refractivity contribution in [3.8, 4) is 6.01 Å². The molecule has 2 saturated heterocycles. The molecule has 1 saturated carbocycles. The van der Waals surface area contributed by atoms with E-state index in [0.717, 1.165) is 25.7 Å². The number of nitrogens with zero attached hydrogens (tertiary/aromatic N) is 7. The van der Waals surface area contributed by atoms with Crippen LogP contribution in [0.3, 0.4) is 0 Å². The Morgan fingerprint density at radius 2 is 2.07 bits per heavy atom. The molecule has 0 amide bonds. The molecule has 0 spiro atoms. The number of imidazole rings is 1. The highest BCUT2D eigenvalue weighted by atomic mass is 16.8. The van der Waals surface area contributed by atoms with Gasteiger partial charge in [-0.15, -0.1) is 0 Å². The summed E-state index contributed by atoms with van der Waals surface area (Å²) in [6.45, 7) is 3.81. The quantitative estimate of drug-likeness (QED) is 0.442. The molecule has 3 aliphatic rings. The van der Waals surface area contributed by atoms with E-state index >= 15 is 0 Å². The highest BCUT2D eigenvalue weighted by Crippen LogP contribution is 2.44. The molecule has 0 aromatic carbocycles. The minimum atomic E-state index is -0.785. The minimum absolute atomic E-state index is 0.103. The van der Waals surface area contributed by atoms with Gasteiger partial charge in [0.1, 0.15) is 18.3 Å². The monoisotopic (exact) mass is 416 g/mol. The van der Waals surface area contributed by atoms with Gasteiger partial charge in [0.05, 0.1) is 19.0 Å². The van der Waals surface area contributed by atoms with Crippen molar-refractivity contribution in [2.45, 2.75) is 76.0 Å². The van der Waals surface area contributed by atoms with Gasteiger partial charge in [0.15, 0.2) is 29.0 Å². The summed E-state index contributed by atoms with van der Waals surface area (Å²) in [5, 5.41) is 3.66. The Morgan fingerprint density at radius 3 is 2.83 bits per heavy atom. The summed E-state index contributed by atoms with van der Waals surface area (Å²) in [6.07, 6.45) is 4.10. The molecule has 4 heterocycles. The molecule has 0 bridgehead atoms. The lowest BCUT2D eigenvalue weighted by Gasteiger charge is -2.24. The van der Waals surface area contributed by atoms with Gasteiger partial charge in [-0.05, 0) is 45.1 Å². The van der Waals surface area contributed by atoms with Gasteiger partial charge >= 0.3 is 6.01 Å². The van der Waals surface area contributed by atoms with Crippen LogP contribution in [0.5, 0.6) is 6.01 Å². The normalized spacial score (nSPS) is 30.5. The van der Waals surface area contributed by atoms with E-state index in [-0.39, 0.29) is 30.6 Å². The lowest BCUT2D eigenvalue weighted by Crippen LogP contribution is -2.31. The summed E-state index contributed by atoms with van der Waals surface area (Å²) in [6, 6.07) is 0.234. The third-order valence-electron chi connectivity index (χ3n) is 5.73. The number of hydrogen-bond donors (Lipinski definition) is 1. The third kappa shape index (κ3) is 3.31. The lowest BCUT2D eigenvalue weighted by atomic mass is 10.1. The van der Waals surface area contributed by atoms with Gasteiger partial charge in [-0.3, -0.25) is 4.57 Å². The van der Waals surface area contributed by atoms with Crippen molar-refractivity contribution in [3.05, 3.63) is 16.8 Å². The van der Waals surface area contributed by atoms with Crippen LogP contribution in [0.1, 0.15) is 45.8 Å². The molecule has 30 heavy (non-hydrogen) atoms. The number of anilines is 1. The Labute approximate surface area is 172 Å². The first-order valence-electron chi connectivity index (χ1n) is 10.1. The van der Waals surface area contributed by atoms with Crippen molar-refractivity contribution in [3.63, 3.8) is 0 Å². The second-order valence-electron chi connectivity index (χ2n) is 8.28. The van der Waals surface area contributed by atoms with Gasteiger partial charge in [0.2, 0.25) is 0 Å². The molecular weight excluding hydrogens is 392 g/mol. The van der Waals surface area contributed by atoms with Crippen LogP contribution in [-0.2, 0) is 14.2 Å². The molecule has 3 fully saturated rings. The molecule has 160 valence electrons. The summed E-state index contributed by atoms with van der Waals surface area (Å²) in [7, 11) is 0. The number of azide groups is 1. The maximum atomic E-state index is 8.71. The van der Waals surface area contributed by atoms with E-state index in [1.165, 1.54) is 0 Å². The molecule has 2 aliphatic heterocycles. The van der Waals surface area contributed by atoms with Crippen LogP contribution in [0.2, 0.25) is 0 Å². The first-order valence-corrected chi connectivity index (χ1v) is 10.1. The lowest BCUT2D eigenvalue weighted by molar-refractivity contribution is -0.195. The van der Waals surface area contributed by atoms with Crippen molar-refractivity contribution < 1.29 is 18.9 Å². The van der Waals surface area contributed by atoms with E-state index in [4.69, 9.17) is 30.2 Å². The van der Waals surface area contributed by atoms with E-state index in [1.54, 1.807) is 10.9 Å². The zero-order valence-electron chi connectivity index (χ0n) is 16.8. The zero-order chi connectivity index (χ0) is 20.9. The van der Waals surface area contributed by atoms with Crippen LogP contribution in [0.4, 0.5) is 5.82 Å². The SMILES string of the molecule is CC1(C)O[C@@H]2[C@H](O1)[C@@H](CN=[N+]=[N-])O[C@H]2n1cnc2c(N)nc(OC3CCCC3)nc21. The van der Waals surface area contributed by atoms with Gasteiger partial charge in [-0.25, -0.2) is 4.98 Å². The summed E-state index contributed by atoms with van der Waals surface area (Å²) in [4.78, 5) is 16.0. The molecule has 0 radical (unpaired) electrons. The third-order valence-corrected chi connectivity index (χ3v) is 5.73. The predicted octanol–water partition coefficient (Wildman–Crippen LogP) is 2.46. The van der Waals surface area contributed by atoms with Crippen LogP contribution in [0.15, 0.2) is 11.4 Å². The van der Waals surface area contributed by atoms with Crippen LogP contribution in [0.25, 0.3) is 21.6 Å². The van der Waals surface area contributed by atoms with Crippen molar-refractivity contribution in [1.82, 2.24) is 19.5 Å². The Hall–Kier alpha value is -2.66. The fraction of sp³-hybridized carbons (Fsp3) is 0.722. The second kappa shape index (κ2) is 7.24. The molecule has 1 aliphatic carbocycles. The smallest absolute Gasteiger partial charge is 0.320 e. The summed E-state index contributed by atoms with van der Waals surface area (Å²) >= 11 is 0. The van der Waals surface area contributed by atoms with Crippen molar-refractivity contribution in [2.24, 2.45) is 5.11 Å². The van der Waals surface area contributed by atoms with E-state index in [2.05, 4.69) is 25.0 Å². The number of fused-ring (bicyclic) bond motifs is 2. The highest BCUT2D eigenvalue weighted by Gasteiger charge is 2.55. The summed E-state index contributed by atoms with van der Waals surface area (Å²) < 4.78 is 26.0. The standard InChI is InChI=1S/C18H24N8O4/c1-18(2)29-12-10(7-22-25-20)28-16(13(12)30-18)26-8-21-11-14(19)23-17(24-15(11)26)27-9-5-3-4-6-9/h8-10,12-13,16H,3-7H2,1-2H3,(H2,19,23,24)/t10-,12-,13-,16-/m1/s1. The highest BCUT2D eigenvalue weighted by molar-refractivity contribution is 5.82. The molecule has 5 rings (SSSR count). The van der Waals surface area contributed by atoms with Gasteiger partial charge in [0.25, 0.3) is 0 Å². The van der Waals surface area contributed by atoms with Crippen LogP contribution < -0.4 is 10.5 Å². The fourth-order valence-electron chi connectivity index (χ4n) is 4.46. The minimum Gasteiger partial charge on any atom is -0.460 e. The van der Waals surface area contributed by atoms with Crippen molar-refractivity contribution >= 4 is 17.0 Å². The summed E-state index contributed by atoms with van der Waals surface area (Å²) in [5.74, 6) is -0.538. The van der Waals surface area contributed by atoms with Gasteiger partial charge in [0, 0.05) is 4.91 Å². The molecule has 4 atom stereocenters. The maximum Gasteiger partial charge on any atom is 0.320 e. The molecule has 2 aromatic rings. The van der Waals surface area contributed by atoms with Crippen molar-refractivity contribution in [1.29, 1.82) is 0 Å². The van der Waals surface area contributed by atoms with E-state index < -0.39 is 24.2 Å². The first-order chi connectivity index (χ1) is 14.4. The Morgan fingerprint density at radius 1 is 1.30 bits per heavy atom. The summed E-state index contributed by atoms with van der Waals surface area (Å²) in [5.41, 5.74) is 15.8. The average Bonchev–Trinajstić information content (AvgIpc) is 3.45. The first kappa shape index (κ1) is 19.3. The van der Waals surface area contributed by atoms with E-state index in [9.17, 15) is 0 Å². The zero-order valence-corrected chi connectivity index (χ0v) is 16.8. The Kier molecular flexibility index (Phi) is 4.66. The van der Waals surface area contributed by atoms with Gasteiger partial charge in [-0.1, -0.05) is 5.11 Å². The second-order valence-corrected chi connectivity index (χ2v) is 8.28. The van der Waals surface area contributed by atoms with Crippen LogP contribution in [0, 0.1) is 0 Å². The van der Waals surface area contributed by atoms with Crippen molar-refractivity contribution in [2.75, 3.05) is 12.3 Å². The number of nitrogens with two attached hydrogens (primary N) is 1. The molecule has 12 heteroatoms. The van der Waals surface area contributed by atoms with Gasteiger partial charge < -0.3 is 24.7 Å². The van der Waals surface area contributed by atoms with E-state index in [0.29, 0.717) is 11.2 Å². The fourth-order valence-corrected chi connectivity index (χ4v) is 4.46. The Bertz CT molecular complexity index is 997. The number of rotatable bonds is 5.